The van der Waals surface area contributed by atoms with E-state index >= 15 is 0 Å². The summed E-state index contributed by atoms with van der Waals surface area (Å²) in [6, 6.07) is 14.3. The Morgan fingerprint density at radius 2 is 1.90 bits per heavy atom. The molecule has 0 saturated heterocycles. The number of halogens is 1. The summed E-state index contributed by atoms with van der Waals surface area (Å²) in [4.78, 5) is 12.0. The molecular weight excluding hydrogens is 253 g/mol. The molecule has 0 radical (unpaired) electrons. The van der Waals surface area contributed by atoms with Crippen molar-refractivity contribution in [1.29, 1.82) is 0 Å². The van der Waals surface area contributed by atoms with Crippen LogP contribution in [0.1, 0.15) is 30.4 Å². The highest BCUT2D eigenvalue weighted by atomic mass is 19.1. The highest BCUT2D eigenvalue weighted by molar-refractivity contribution is 5.91. The van der Waals surface area contributed by atoms with Gasteiger partial charge in [0.1, 0.15) is 5.82 Å². The first-order chi connectivity index (χ1) is 9.56. The molecule has 2 aromatic carbocycles. The number of benzene rings is 2. The monoisotopic (exact) mass is 271 g/mol. The Labute approximate surface area is 118 Å². The van der Waals surface area contributed by atoms with Crippen LogP contribution in [0.2, 0.25) is 0 Å². The van der Waals surface area contributed by atoms with Crippen molar-refractivity contribution in [2.75, 3.05) is 5.32 Å². The zero-order valence-corrected chi connectivity index (χ0v) is 11.7. The molecule has 2 rings (SSSR count). The van der Waals surface area contributed by atoms with Gasteiger partial charge in [-0.2, -0.15) is 0 Å². The van der Waals surface area contributed by atoms with Crippen LogP contribution in [0.15, 0.2) is 48.5 Å². The summed E-state index contributed by atoms with van der Waals surface area (Å²) < 4.78 is 13.2. The van der Waals surface area contributed by atoms with Gasteiger partial charge in [0.25, 0.3) is 0 Å². The Hall–Kier alpha value is -2.16. The number of carbonyl (C=O) groups excluding carboxylic acids is 1. The molecule has 104 valence electrons. The number of hydrogen-bond donors (Lipinski definition) is 1. The van der Waals surface area contributed by atoms with E-state index in [1.165, 1.54) is 12.1 Å². The topological polar surface area (TPSA) is 29.1 Å². The average Bonchev–Trinajstić information content (AvgIpc) is 2.43. The number of anilines is 1. The maximum absolute atomic E-state index is 13.2. The highest BCUT2D eigenvalue weighted by Gasteiger charge is 2.12. The van der Waals surface area contributed by atoms with E-state index in [4.69, 9.17) is 0 Å². The number of hydrogen-bond acceptors (Lipinski definition) is 1. The van der Waals surface area contributed by atoms with Crippen LogP contribution in [0.5, 0.6) is 0 Å². The Bertz CT molecular complexity index is 595. The third kappa shape index (κ3) is 3.67. The molecule has 0 fully saturated rings. The van der Waals surface area contributed by atoms with Crippen molar-refractivity contribution < 1.29 is 9.18 Å². The fourth-order valence-electron chi connectivity index (χ4n) is 2.11. The van der Waals surface area contributed by atoms with Gasteiger partial charge in [-0.1, -0.05) is 43.3 Å². The average molecular weight is 271 g/mol. The van der Waals surface area contributed by atoms with E-state index < -0.39 is 0 Å². The maximum Gasteiger partial charge on any atom is 0.224 e. The molecule has 1 N–H and O–H groups in total. The quantitative estimate of drug-likeness (QED) is 0.884. The third-order valence-corrected chi connectivity index (χ3v) is 3.33. The molecule has 0 aliphatic carbocycles. The molecule has 0 heterocycles. The summed E-state index contributed by atoms with van der Waals surface area (Å²) in [5.41, 5.74) is 2.51. The first-order valence-corrected chi connectivity index (χ1v) is 6.67. The summed E-state index contributed by atoms with van der Waals surface area (Å²) in [6.07, 6.45) is 0.375. The van der Waals surface area contributed by atoms with Gasteiger partial charge in [0.05, 0.1) is 0 Å². The van der Waals surface area contributed by atoms with Crippen LogP contribution in [0.25, 0.3) is 0 Å². The molecule has 1 atom stereocenters. The van der Waals surface area contributed by atoms with E-state index in [2.05, 4.69) is 5.32 Å². The van der Waals surface area contributed by atoms with Crippen molar-refractivity contribution in [3.8, 4) is 0 Å². The standard InChI is InChI=1S/C17H18FNO/c1-12-8-9-15(18)11-16(12)19-17(20)10-13(2)14-6-4-3-5-7-14/h3-9,11,13H,10H2,1-2H3,(H,19,20)/t13-/m1/s1. The van der Waals surface area contributed by atoms with Crippen LogP contribution >= 0.6 is 0 Å². The van der Waals surface area contributed by atoms with Crippen molar-refractivity contribution in [2.45, 2.75) is 26.2 Å². The number of carbonyl (C=O) groups is 1. The van der Waals surface area contributed by atoms with Crippen LogP contribution < -0.4 is 5.32 Å². The van der Waals surface area contributed by atoms with Crippen molar-refractivity contribution in [1.82, 2.24) is 0 Å². The molecule has 20 heavy (non-hydrogen) atoms. The van der Waals surface area contributed by atoms with Gasteiger partial charge < -0.3 is 5.32 Å². The molecule has 0 aliphatic heterocycles. The lowest BCUT2D eigenvalue weighted by Crippen LogP contribution is -2.15. The summed E-state index contributed by atoms with van der Waals surface area (Å²) in [5.74, 6) is -0.317. The Balaban J connectivity index is 2.01. The molecule has 0 aliphatic rings. The predicted octanol–water partition coefficient (Wildman–Crippen LogP) is 4.27. The van der Waals surface area contributed by atoms with Crippen LogP contribution in [0.4, 0.5) is 10.1 Å². The molecule has 1 amide bonds. The first-order valence-electron chi connectivity index (χ1n) is 6.67. The van der Waals surface area contributed by atoms with Gasteiger partial charge in [-0.25, -0.2) is 4.39 Å². The third-order valence-electron chi connectivity index (χ3n) is 3.33. The first kappa shape index (κ1) is 14.3. The molecule has 0 bridgehead atoms. The highest BCUT2D eigenvalue weighted by Crippen LogP contribution is 2.21. The lowest BCUT2D eigenvalue weighted by Gasteiger charge is -2.13. The van der Waals surface area contributed by atoms with Gasteiger partial charge in [-0.3, -0.25) is 4.79 Å². The minimum Gasteiger partial charge on any atom is -0.326 e. The molecule has 2 aromatic rings. The maximum atomic E-state index is 13.2. The molecule has 0 saturated carbocycles. The largest absolute Gasteiger partial charge is 0.326 e. The number of aryl methyl sites for hydroxylation is 1. The van der Waals surface area contributed by atoms with Crippen LogP contribution in [-0.4, -0.2) is 5.91 Å². The van der Waals surface area contributed by atoms with Crippen LogP contribution in [0.3, 0.4) is 0 Å². The van der Waals surface area contributed by atoms with Crippen molar-refractivity contribution in [3.63, 3.8) is 0 Å². The van der Waals surface area contributed by atoms with E-state index in [9.17, 15) is 9.18 Å². The Morgan fingerprint density at radius 1 is 1.20 bits per heavy atom. The summed E-state index contributed by atoms with van der Waals surface area (Å²) in [6.45, 7) is 3.85. The SMILES string of the molecule is Cc1ccc(F)cc1NC(=O)C[C@@H](C)c1ccccc1. The molecule has 0 spiro atoms. The predicted molar refractivity (Wildman–Crippen MR) is 79.2 cm³/mol. The Kier molecular flexibility index (Phi) is 4.51. The van der Waals surface area contributed by atoms with Gasteiger partial charge >= 0.3 is 0 Å². The number of amides is 1. The van der Waals surface area contributed by atoms with Gasteiger partial charge in [-0.15, -0.1) is 0 Å². The molecule has 0 unspecified atom stereocenters. The van der Waals surface area contributed by atoms with Gasteiger partial charge in [-0.05, 0) is 36.1 Å². The number of nitrogens with one attached hydrogen (secondary N) is 1. The van der Waals surface area contributed by atoms with E-state index in [0.717, 1.165) is 11.1 Å². The lowest BCUT2D eigenvalue weighted by molar-refractivity contribution is -0.116. The van der Waals surface area contributed by atoms with Crippen molar-refractivity contribution in [2.24, 2.45) is 0 Å². The zero-order valence-electron chi connectivity index (χ0n) is 11.7. The summed E-state index contributed by atoms with van der Waals surface area (Å²) >= 11 is 0. The second-order valence-corrected chi connectivity index (χ2v) is 5.02. The van der Waals surface area contributed by atoms with Crippen molar-refractivity contribution >= 4 is 11.6 Å². The minimum absolute atomic E-state index is 0.102. The van der Waals surface area contributed by atoms with Crippen LogP contribution in [-0.2, 0) is 4.79 Å². The molecule has 3 heteroatoms. The van der Waals surface area contributed by atoms with E-state index in [1.807, 2.05) is 44.2 Å². The van der Waals surface area contributed by atoms with E-state index in [0.29, 0.717) is 12.1 Å². The zero-order chi connectivity index (χ0) is 14.5. The minimum atomic E-state index is -0.345. The molecule has 2 nitrogen and oxygen atoms in total. The Morgan fingerprint density at radius 3 is 2.60 bits per heavy atom. The smallest absolute Gasteiger partial charge is 0.224 e. The fourth-order valence-corrected chi connectivity index (χ4v) is 2.11. The van der Waals surface area contributed by atoms with Gasteiger partial charge in [0.2, 0.25) is 5.91 Å². The molecule has 0 aromatic heterocycles. The normalized spacial score (nSPS) is 11.9. The second-order valence-electron chi connectivity index (χ2n) is 5.02. The lowest BCUT2D eigenvalue weighted by atomic mass is 9.97. The van der Waals surface area contributed by atoms with E-state index in [-0.39, 0.29) is 17.6 Å². The second kappa shape index (κ2) is 6.33. The van der Waals surface area contributed by atoms with Gasteiger partial charge in [0, 0.05) is 12.1 Å². The van der Waals surface area contributed by atoms with Gasteiger partial charge in [0.15, 0.2) is 0 Å². The fraction of sp³-hybridized carbons (Fsp3) is 0.235. The van der Waals surface area contributed by atoms with Crippen LogP contribution in [0, 0.1) is 12.7 Å². The van der Waals surface area contributed by atoms with Crippen molar-refractivity contribution in [3.05, 3.63) is 65.5 Å². The van der Waals surface area contributed by atoms with E-state index in [1.54, 1.807) is 6.07 Å². The number of rotatable bonds is 4. The molecular formula is C17H18FNO. The summed E-state index contributed by atoms with van der Waals surface area (Å²) in [5, 5.41) is 2.77. The summed E-state index contributed by atoms with van der Waals surface area (Å²) in [7, 11) is 0.